The molecule has 2 heterocycles. The smallest absolute Gasteiger partial charge is 0.227 e. The Kier molecular flexibility index (Phi) is 6.23. The largest absolute Gasteiger partial charge is 0.379 e. The maximum Gasteiger partial charge on any atom is 0.227 e. The fourth-order valence-corrected chi connectivity index (χ4v) is 3.30. The molecule has 1 N–H and O–H groups in total. The summed E-state index contributed by atoms with van der Waals surface area (Å²) >= 11 is 1.88. The number of ether oxygens (including phenoxy) is 1. The van der Waals surface area contributed by atoms with Crippen molar-refractivity contribution in [2.24, 2.45) is 0 Å². The number of rotatable bonds is 7. The highest BCUT2D eigenvalue weighted by molar-refractivity contribution is 7.99. The van der Waals surface area contributed by atoms with Gasteiger partial charge in [-0.3, -0.25) is 4.90 Å². The van der Waals surface area contributed by atoms with Crippen molar-refractivity contribution < 1.29 is 4.74 Å². The molecule has 1 aliphatic rings. The molecule has 24 heavy (non-hydrogen) atoms. The molecule has 0 bridgehead atoms. The van der Waals surface area contributed by atoms with Crippen molar-refractivity contribution in [3.8, 4) is 0 Å². The van der Waals surface area contributed by atoms with Crippen LogP contribution in [-0.2, 0) is 4.74 Å². The Bertz CT molecular complexity index is 639. The zero-order chi connectivity index (χ0) is 16.6. The number of thioether (sulfide) groups is 1. The molecule has 0 saturated carbocycles. The van der Waals surface area contributed by atoms with Crippen LogP contribution in [-0.4, -0.2) is 53.5 Å². The first-order valence-electron chi connectivity index (χ1n) is 8.08. The number of nitrogens with zero attached hydrogens (tertiary/aromatic N) is 3. The molecule has 1 aromatic carbocycles. The second-order valence-electron chi connectivity index (χ2n) is 5.50. The molecule has 1 aliphatic heterocycles. The molecule has 5 nitrogen and oxygen atoms in total. The molecule has 0 amide bonds. The summed E-state index contributed by atoms with van der Waals surface area (Å²) in [6, 6.07) is 8.37. The maximum atomic E-state index is 5.37. The van der Waals surface area contributed by atoms with E-state index in [1.165, 1.54) is 4.90 Å². The third-order valence-electron chi connectivity index (χ3n) is 3.80. The van der Waals surface area contributed by atoms with Gasteiger partial charge >= 0.3 is 0 Å². The molecule has 0 aliphatic carbocycles. The van der Waals surface area contributed by atoms with Crippen molar-refractivity contribution in [3.63, 3.8) is 0 Å². The van der Waals surface area contributed by atoms with Crippen LogP contribution in [0.15, 0.2) is 48.1 Å². The zero-order valence-electron chi connectivity index (χ0n) is 13.6. The molecular formula is C18H22N4OS. The third kappa shape index (κ3) is 5.06. The molecule has 0 unspecified atom stereocenters. The van der Waals surface area contributed by atoms with Gasteiger partial charge in [0, 0.05) is 53.9 Å². The van der Waals surface area contributed by atoms with E-state index in [9.17, 15) is 0 Å². The molecule has 0 atom stereocenters. The summed E-state index contributed by atoms with van der Waals surface area (Å²) in [6.07, 6.45) is 5.23. The zero-order valence-corrected chi connectivity index (χ0v) is 14.5. The van der Waals surface area contributed by atoms with Gasteiger partial charge in [-0.05, 0) is 24.3 Å². The van der Waals surface area contributed by atoms with Crippen LogP contribution in [0.5, 0.6) is 0 Å². The van der Waals surface area contributed by atoms with Crippen LogP contribution in [0.1, 0.15) is 5.56 Å². The number of benzene rings is 1. The summed E-state index contributed by atoms with van der Waals surface area (Å²) < 4.78 is 5.37. The number of aromatic nitrogens is 2. The number of hydrogen-bond donors (Lipinski definition) is 1. The lowest BCUT2D eigenvalue weighted by Gasteiger charge is -2.26. The van der Waals surface area contributed by atoms with Crippen LogP contribution >= 0.6 is 11.8 Å². The highest BCUT2D eigenvalue weighted by Crippen LogP contribution is 2.21. The van der Waals surface area contributed by atoms with Gasteiger partial charge in [0.25, 0.3) is 0 Å². The minimum atomic E-state index is 0.591. The summed E-state index contributed by atoms with van der Waals surface area (Å²) in [4.78, 5) is 12.2. The van der Waals surface area contributed by atoms with E-state index < -0.39 is 0 Å². The molecule has 1 saturated heterocycles. The summed E-state index contributed by atoms with van der Waals surface area (Å²) in [5, 5.41) is 3.20. The molecule has 0 spiro atoms. The SMILES string of the molecule is C=Cc1cnc(Nc2ccc(SCCN3CCOCC3)cc2)nc1. The van der Waals surface area contributed by atoms with Crippen LogP contribution in [0.3, 0.4) is 0 Å². The molecule has 126 valence electrons. The van der Waals surface area contributed by atoms with Gasteiger partial charge in [-0.2, -0.15) is 0 Å². The lowest BCUT2D eigenvalue weighted by Crippen LogP contribution is -2.37. The standard InChI is InChI=1S/C18H22N4OS/c1-2-15-13-19-18(20-14-15)21-16-3-5-17(6-4-16)24-12-9-22-7-10-23-11-8-22/h2-6,13-14H,1,7-12H2,(H,19,20,21). The van der Waals surface area contributed by atoms with Crippen molar-refractivity contribution in [2.75, 3.05) is 43.9 Å². The number of nitrogens with one attached hydrogen (secondary N) is 1. The van der Waals surface area contributed by atoms with Crippen molar-refractivity contribution in [2.45, 2.75) is 4.90 Å². The number of morpholine rings is 1. The van der Waals surface area contributed by atoms with E-state index in [1.54, 1.807) is 18.5 Å². The van der Waals surface area contributed by atoms with Gasteiger partial charge in [0.1, 0.15) is 0 Å². The van der Waals surface area contributed by atoms with Gasteiger partial charge < -0.3 is 10.1 Å². The van der Waals surface area contributed by atoms with E-state index in [2.05, 4.69) is 51.0 Å². The first-order chi connectivity index (χ1) is 11.8. The minimum absolute atomic E-state index is 0.591. The highest BCUT2D eigenvalue weighted by atomic mass is 32.2. The van der Waals surface area contributed by atoms with E-state index in [-0.39, 0.29) is 0 Å². The Morgan fingerprint density at radius 3 is 2.54 bits per heavy atom. The first-order valence-corrected chi connectivity index (χ1v) is 9.06. The highest BCUT2D eigenvalue weighted by Gasteiger charge is 2.09. The van der Waals surface area contributed by atoms with Gasteiger partial charge in [0.15, 0.2) is 0 Å². The summed E-state index contributed by atoms with van der Waals surface area (Å²) in [5.74, 6) is 1.69. The molecule has 6 heteroatoms. The van der Waals surface area contributed by atoms with Crippen LogP contribution in [0.4, 0.5) is 11.6 Å². The maximum absolute atomic E-state index is 5.37. The molecule has 2 aromatic rings. The van der Waals surface area contributed by atoms with Gasteiger partial charge in [0.05, 0.1) is 13.2 Å². The average Bonchev–Trinajstić information content (AvgIpc) is 2.65. The quantitative estimate of drug-likeness (QED) is 0.779. The molecular weight excluding hydrogens is 320 g/mol. The Hall–Kier alpha value is -1.89. The monoisotopic (exact) mass is 342 g/mol. The predicted molar refractivity (Wildman–Crippen MR) is 99.8 cm³/mol. The van der Waals surface area contributed by atoms with Crippen LogP contribution in [0.2, 0.25) is 0 Å². The third-order valence-corrected chi connectivity index (χ3v) is 4.79. The van der Waals surface area contributed by atoms with Crippen molar-refractivity contribution in [3.05, 3.63) is 48.8 Å². The van der Waals surface area contributed by atoms with E-state index in [0.29, 0.717) is 5.95 Å². The Balaban J connectivity index is 1.46. The summed E-state index contributed by atoms with van der Waals surface area (Å²) in [5.41, 5.74) is 1.89. The Morgan fingerprint density at radius 2 is 1.88 bits per heavy atom. The summed E-state index contributed by atoms with van der Waals surface area (Å²) in [7, 11) is 0. The van der Waals surface area contributed by atoms with Crippen molar-refractivity contribution in [1.82, 2.24) is 14.9 Å². The lowest BCUT2D eigenvalue weighted by atomic mass is 10.3. The fourth-order valence-electron chi connectivity index (χ4n) is 2.39. The van der Waals surface area contributed by atoms with Crippen LogP contribution in [0, 0.1) is 0 Å². The Morgan fingerprint density at radius 1 is 1.17 bits per heavy atom. The molecule has 3 rings (SSSR count). The molecule has 1 fully saturated rings. The first kappa shape index (κ1) is 17.0. The lowest BCUT2D eigenvalue weighted by molar-refractivity contribution is 0.0410. The van der Waals surface area contributed by atoms with Gasteiger partial charge in [0.2, 0.25) is 5.95 Å². The number of hydrogen-bond acceptors (Lipinski definition) is 6. The van der Waals surface area contributed by atoms with Gasteiger partial charge in [-0.1, -0.05) is 12.7 Å². The van der Waals surface area contributed by atoms with E-state index in [4.69, 9.17) is 4.74 Å². The second-order valence-corrected chi connectivity index (χ2v) is 6.66. The van der Waals surface area contributed by atoms with E-state index in [1.807, 2.05) is 11.8 Å². The van der Waals surface area contributed by atoms with Crippen molar-refractivity contribution >= 4 is 29.5 Å². The van der Waals surface area contributed by atoms with Gasteiger partial charge in [-0.25, -0.2) is 9.97 Å². The van der Waals surface area contributed by atoms with Crippen LogP contribution < -0.4 is 5.32 Å². The average molecular weight is 342 g/mol. The number of anilines is 2. The topological polar surface area (TPSA) is 50.3 Å². The normalized spacial score (nSPS) is 15.2. The molecule has 1 aromatic heterocycles. The van der Waals surface area contributed by atoms with E-state index in [0.717, 1.165) is 49.9 Å². The van der Waals surface area contributed by atoms with Gasteiger partial charge in [-0.15, -0.1) is 11.8 Å². The summed E-state index contributed by atoms with van der Waals surface area (Å²) in [6.45, 7) is 8.63. The van der Waals surface area contributed by atoms with Crippen LogP contribution in [0.25, 0.3) is 6.08 Å². The fraction of sp³-hybridized carbons (Fsp3) is 0.333. The van der Waals surface area contributed by atoms with E-state index >= 15 is 0 Å². The second kappa shape index (κ2) is 8.82. The van der Waals surface area contributed by atoms with Crippen molar-refractivity contribution in [1.29, 1.82) is 0 Å². The predicted octanol–water partition coefficient (Wildman–Crippen LogP) is 3.29. The molecule has 0 radical (unpaired) electrons. The minimum Gasteiger partial charge on any atom is -0.379 e. The Labute approximate surface area is 147 Å².